The van der Waals surface area contributed by atoms with Crippen LogP contribution in [0.4, 0.5) is 8.78 Å². The molecule has 0 aromatic heterocycles. The number of ether oxygens (including phenoxy) is 1. The Balaban J connectivity index is 1.77. The van der Waals surface area contributed by atoms with Crippen molar-refractivity contribution in [3.05, 3.63) is 28.7 Å². The molecule has 1 aromatic carbocycles. The van der Waals surface area contributed by atoms with Crippen molar-refractivity contribution in [2.75, 3.05) is 26.2 Å². The molecule has 0 saturated carbocycles. The normalized spacial score (nSPS) is 20.7. The molecule has 19 heavy (non-hydrogen) atoms. The minimum atomic E-state index is -2.24. The summed E-state index contributed by atoms with van der Waals surface area (Å²) in [5.74, 6) is 1.17. The number of halogens is 3. The van der Waals surface area contributed by atoms with E-state index in [2.05, 4.69) is 15.9 Å². The smallest absolute Gasteiger partial charge is 0.251 e. The molecule has 0 radical (unpaired) electrons. The van der Waals surface area contributed by atoms with Crippen LogP contribution < -0.4 is 4.74 Å². The summed E-state index contributed by atoms with van der Waals surface area (Å²) >= 11 is 3.37. The summed E-state index contributed by atoms with van der Waals surface area (Å²) < 4.78 is 31.4. The Hall–Kier alpha value is -0.680. The summed E-state index contributed by atoms with van der Waals surface area (Å²) in [7, 11) is 0. The predicted molar refractivity (Wildman–Crippen MR) is 74.8 cm³/mol. The Morgan fingerprint density at radius 3 is 2.74 bits per heavy atom. The van der Waals surface area contributed by atoms with E-state index >= 15 is 0 Å². The van der Waals surface area contributed by atoms with Gasteiger partial charge in [-0.25, -0.2) is 8.78 Å². The van der Waals surface area contributed by atoms with Gasteiger partial charge >= 0.3 is 0 Å². The van der Waals surface area contributed by atoms with Gasteiger partial charge in [-0.15, -0.1) is 0 Å². The third kappa shape index (κ3) is 5.07. The topological polar surface area (TPSA) is 12.5 Å². The maximum Gasteiger partial charge on any atom is 0.251 e. The Morgan fingerprint density at radius 1 is 1.32 bits per heavy atom. The standard InChI is InChI=1S/C14H18BrF2NO/c15-12-3-5-13(6-4-12)19-10-11-2-1-7-18(8-11)9-14(16)17/h3-6,11,14H,1-2,7-10H2/t11-/m1/s1. The molecule has 0 N–H and O–H groups in total. The largest absolute Gasteiger partial charge is 0.493 e. The van der Waals surface area contributed by atoms with Gasteiger partial charge in [0, 0.05) is 16.9 Å². The molecule has 2 rings (SSSR count). The highest BCUT2D eigenvalue weighted by molar-refractivity contribution is 9.10. The minimum Gasteiger partial charge on any atom is -0.493 e. The third-order valence-electron chi connectivity index (χ3n) is 3.30. The first-order valence-corrected chi connectivity index (χ1v) is 7.31. The van der Waals surface area contributed by atoms with E-state index in [1.807, 2.05) is 29.2 Å². The van der Waals surface area contributed by atoms with Crippen LogP contribution in [0.25, 0.3) is 0 Å². The predicted octanol–water partition coefficient (Wildman–Crippen LogP) is 3.81. The number of hydrogen-bond donors (Lipinski definition) is 0. The van der Waals surface area contributed by atoms with Crippen molar-refractivity contribution in [1.29, 1.82) is 0 Å². The molecule has 1 saturated heterocycles. The van der Waals surface area contributed by atoms with Gasteiger partial charge in [-0.3, -0.25) is 4.90 Å². The van der Waals surface area contributed by atoms with Crippen molar-refractivity contribution >= 4 is 15.9 Å². The monoisotopic (exact) mass is 333 g/mol. The highest BCUT2D eigenvalue weighted by Gasteiger charge is 2.22. The lowest BCUT2D eigenvalue weighted by Gasteiger charge is -2.32. The van der Waals surface area contributed by atoms with E-state index < -0.39 is 6.43 Å². The highest BCUT2D eigenvalue weighted by atomic mass is 79.9. The molecule has 1 aromatic rings. The maximum absolute atomic E-state index is 12.4. The quantitative estimate of drug-likeness (QED) is 0.812. The number of rotatable bonds is 5. The molecule has 0 bridgehead atoms. The van der Waals surface area contributed by atoms with Crippen LogP contribution in [0.5, 0.6) is 5.75 Å². The Labute approximate surface area is 120 Å². The molecule has 1 aliphatic heterocycles. The van der Waals surface area contributed by atoms with Gasteiger partial charge in [0.2, 0.25) is 0 Å². The molecule has 0 unspecified atom stereocenters. The maximum atomic E-state index is 12.4. The first-order chi connectivity index (χ1) is 9.13. The van der Waals surface area contributed by atoms with Crippen LogP contribution in [0.2, 0.25) is 0 Å². The number of benzene rings is 1. The lowest BCUT2D eigenvalue weighted by Crippen LogP contribution is -2.40. The van der Waals surface area contributed by atoms with Crippen molar-refractivity contribution in [3.8, 4) is 5.75 Å². The summed E-state index contributed by atoms with van der Waals surface area (Å²) in [6.07, 6.45) is -0.219. The lowest BCUT2D eigenvalue weighted by molar-refractivity contribution is 0.0552. The first-order valence-electron chi connectivity index (χ1n) is 6.52. The molecule has 1 atom stereocenters. The fourth-order valence-electron chi connectivity index (χ4n) is 2.39. The molecule has 0 aliphatic carbocycles. The summed E-state index contributed by atoms with van der Waals surface area (Å²) in [4.78, 5) is 1.84. The molecule has 0 amide bonds. The van der Waals surface area contributed by atoms with Crippen LogP contribution in [0.1, 0.15) is 12.8 Å². The molecular formula is C14H18BrF2NO. The number of likely N-dealkylation sites (tertiary alicyclic amines) is 1. The molecule has 2 nitrogen and oxygen atoms in total. The summed E-state index contributed by atoms with van der Waals surface area (Å²) in [6, 6.07) is 7.67. The van der Waals surface area contributed by atoms with Crippen molar-refractivity contribution in [2.45, 2.75) is 19.3 Å². The highest BCUT2D eigenvalue weighted by Crippen LogP contribution is 2.20. The van der Waals surface area contributed by atoms with Crippen LogP contribution in [0.15, 0.2) is 28.7 Å². The van der Waals surface area contributed by atoms with Gasteiger partial charge in [-0.1, -0.05) is 15.9 Å². The third-order valence-corrected chi connectivity index (χ3v) is 3.83. The van der Waals surface area contributed by atoms with Gasteiger partial charge in [0.25, 0.3) is 6.43 Å². The van der Waals surface area contributed by atoms with E-state index in [9.17, 15) is 8.78 Å². The van der Waals surface area contributed by atoms with Crippen molar-refractivity contribution in [3.63, 3.8) is 0 Å². The Morgan fingerprint density at radius 2 is 2.05 bits per heavy atom. The number of alkyl halides is 2. The first kappa shape index (κ1) is 14.7. The van der Waals surface area contributed by atoms with Gasteiger partial charge in [0.1, 0.15) is 5.75 Å². The molecule has 1 heterocycles. The van der Waals surface area contributed by atoms with Crippen LogP contribution >= 0.6 is 15.9 Å². The van der Waals surface area contributed by atoms with E-state index in [1.54, 1.807) is 0 Å². The molecular weight excluding hydrogens is 316 g/mol. The van der Waals surface area contributed by atoms with Gasteiger partial charge in [0.15, 0.2) is 0 Å². The second-order valence-electron chi connectivity index (χ2n) is 4.92. The van der Waals surface area contributed by atoms with E-state index in [-0.39, 0.29) is 6.54 Å². The average molecular weight is 334 g/mol. The number of nitrogens with zero attached hydrogens (tertiary/aromatic N) is 1. The van der Waals surface area contributed by atoms with Crippen molar-refractivity contribution < 1.29 is 13.5 Å². The van der Waals surface area contributed by atoms with Crippen LogP contribution in [-0.4, -0.2) is 37.6 Å². The van der Waals surface area contributed by atoms with E-state index in [0.717, 1.165) is 29.6 Å². The summed E-state index contributed by atoms with van der Waals surface area (Å²) in [5.41, 5.74) is 0. The van der Waals surface area contributed by atoms with E-state index in [1.165, 1.54) is 0 Å². The fraction of sp³-hybridized carbons (Fsp3) is 0.571. The Kier molecular flexibility index (Phi) is 5.58. The molecule has 106 valence electrons. The fourth-order valence-corrected chi connectivity index (χ4v) is 2.66. The Bertz CT molecular complexity index is 386. The van der Waals surface area contributed by atoms with Crippen molar-refractivity contribution in [1.82, 2.24) is 4.90 Å². The van der Waals surface area contributed by atoms with E-state index in [0.29, 0.717) is 19.1 Å². The van der Waals surface area contributed by atoms with Crippen molar-refractivity contribution in [2.24, 2.45) is 5.92 Å². The van der Waals surface area contributed by atoms with Gasteiger partial charge in [-0.2, -0.15) is 0 Å². The van der Waals surface area contributed by atoms with Crippen LogP contribution in [0, 0.1) is 5.92 Å². The zero-order valence-electron chi connectivity index (χ0n) is 10.7. The zero-order chi connectivity index (χ0) is 13.7. The number of hydrogen-bond acceptors (Lipinski definition) is 2. The lowest BCUT2D eigenvalue weighted by atomic mass is 9.99. The number of piperidine rings is 1. The summed E-state index contributed by atoms with van der Waals surface area (Å²) in [6.45, 7) is 1.97. The molecule has 1 aliphatic rings. The zero-order valence-corrected chi connectivity index (χ0v) is 12.3. The van der Waals surface area contributed by atoms with Crippen LogP contribution in [0.3, 0.4) is 0 Å². The van der Waals surface area contributed by atoms with Gasteiger partial charge in [-0.05, 0) is 43.7 Å². The van der Waals surface area contributed by atoms with Gasteiger partial charge < -0.3 is 4.74 Å². The van der Waals surface area contributed by atoms with Crippen LogP contribution in [-0.2, 0) is 0 Å². The molecule has 5 heteroatoms. The minimum absolute atomic E-state index is 0.116. The van der Waals surface area contributed by atoms with Gasteiger partial charge in [0.05, 0.1) is 13.2 Å². The summed E-state index contributed by atoms with van der Waals surface area (Å²) in [5, 5.41) is 0. The van der Waals surface area contributed by atoms with E-state index in [4.69, 9.17) is 4.74 Å². The molecule has 1 fully saturated rings. The second kappa shape index (κ2) is 7.20. The second-order valence-corrected chi connectivity index (χ2v) is 5.84. The molecule has 0 spiro atoms. The SMILES string of the molecule is FC(F)CN1CCC[C@@H](COc2ccc(Br)cc2)C1. The average Bonchev–Trinajstić information content (AvgIpc) is 2.38.